The van der Waals surface area contributed by atoms with Gasteiger partial charge in [0.2, 0.25) is 6.29 Å². The molecule has 2 atom stereocenters. The van der Waals surface area contributed by atoms with Crippen LogP contribution in [0.15, 0.2) is 42.2 Å². The van der Waals surface area contributed by atoms with E-state index >= 15 is 0 Å². The lowest BCUT2D eigenvalue weighted by Gasteiger charge is -2.36. The molecule has 1 amide bonds. The molecule has 0 radical (unpaired) electrons. The summed E-state index contributed by atoms with van der Waals surface area (Å²) in [6.45, 7) is 4.87. The van der Waals surface area contributed by atoms with Crippen LogP contribution in [0.4, 0.5) is 0 Å². The van der Waals surface area contributed by atoms with Crippen molar-refractivity contribution in [2.24, 2.45) is 11.8 Å². The van der Waals surface area contributed by atoms with Crippen LogP contribution >= 0.6 is 0 Å². The molecule has 1 N–H and O–H groups in total. The van der Waals surface area contributed by atoms with Crippen molar-refractivity contribution in [1.82, 2.24) is 9.80 Å². The molecule has 2 heterocycles. The number of amides is 1. The number of hydrogen-bond acceptors (Lipinski definition) is 5. The van der Waals surface area contributed by atoms with Gasteiger partial charge in [0.15, 0.2) is 5.76 Å². The third kappa shape index (κ3) is 5.84. The number of unbranched alkanes of at least 4 members (excludes halogenated alkanes) is 1. The smallest absolute Gasteiger partial charge is 0.288 e. The molecule has 1 saturated carbocycles. The molecular weight excluding hydrogens is 380 g/mol. The number of aliphatic hydroxyl groups excluding tert-OH is 1. The van der Waals surface area contributed by atoms with Gasteiger partial charge < -0.3 is 19.5 Å². The van der Waals surface area contributed by atoms with Gasteiger partial charge in [-0.05, 0) is 49.2 Å². The number of hydrogen-bond donors (Lipinski definition) is 1. The molecule has 0 aromatic heterocycles. The zero-order valence-corrected chi connectivity index (χ0v) is 17.7. The van der Waals surface area contributed by atoms with Gasteiger partial charge in [-0.1, -0.05) is 30.3 Å². The summed E-state index contributed by atoms with van der Waals surface area (Å²) < 4.78 is 11.9. The van der Waals surface area contributed by atoms with E-state index in [9.17, 15) is 4.79 Å². The number of aliphatic hydroxyl groups is 1. The normalized spacial score (nSPS) is 25.0. The number of allylic oxidation sites excluding steroid dienone is 1. The molecule has 0 spiro atoms. The van der Waals surface area contributed by atoms with E-state index in [0.29, 0.717) is 24.2 Å². The maximum absolute atomic E-state index is 13.2. The van der Waals surface area contributed by atoms with Crippen LogP contribution in [-0.4, -0.2) is 66.5 Å². The van der Waals surface area contributed by atoms with Gasteiger partial charge in [0, 0.05) is 45.8 Å². The number of nitrogens with zero attached hydrogens (tertiary/aromatic N) is 2. The topological polar surface area (TPSA) is 62.2 Å². The molecular formula is C24H34N2O4. The van der Waals surface area contributed by atoms with E-state index in [0.717, 1.165) is 52.0 Å². The van der Waals surface area contributed by atoms with Gasteiger partial charge in [0.25, 0.3) is 5.91 Å². The number of carbonyl (C=O) groups excluding carboxylic acids is 1. The fraction of sp³-hybridized carbons (Fsp3) is 0.625. The Balaban J connectivity index is 1.30. The summed E-state index contributed by atoms with van der Waals surface area (Å²) in [7, 11) is 0. The van der Waals surface area contributed by atoms with Crippen molar-refractivity contribution in [2.75, 3.05) is 39.4 Å². The van der Waals surface area contributed by atoms with E-state index in [1.165, 1.54) is 18.4 Å². The van der Waals surface area contributed by atoms with Crippen LogP contribution in [0.5, 0.6) is 0 Å². The number of rotatable bonds is 9. The first kappa shape index (κ1) is 21.3. The Morgan fingerprint density at radius 3 is 2.57 bits per heavy atom. The number of piperazine rings is 1. The fourth-order valence-corrected chi connectivity index (χ4v) is 4.33. The second-order valence-electron chi connectivity index (χ2n) is 8.67. The summed E-state index contributed by atoms with van der Waals surface area (Å²) in [6, 6.07) is 10.5. The zero-order chi connectivity index (χ0) is 20.8. The summed E-state index contributed by atoms with van der Waals surface area (Å²) in [5.74, 6) is 1.52. The van der Waals surface area contributed by atoms with Crippen LogP contribution in [0.3, 0.4) is 0 Å². The summed E-state index contributed by atoms with van der Waals surface area (Å²) in [5.41, 5.74) is 1.31. The zero-order valence-electron chi connectivity index (χ0n) is 17.7. The van der Waals surface area contributed by atoms with E-state index in [1.54, 1.807) is 0 Å². The molecule has 30 heavy (non-hydrogen) atoms. The van der Waals surface area contributed by atoms with Gasteiger partial charge in [0.1, 0.15) is 0 Å². The minimum absolute atomic E-state index is 0.00340. The first-order valence-corrected chi connectivity index (χ1v) is 11.4. The molecule has 0 bridgehead atoms. The number of benzene rings is 1. The van der Waals surface area contributed by atoms with Crippen molar-refractivity contribution in [1.29, 1.82) is 0 Å². The maximum atomic E-state index is 13.2. The molecule has 2 fully saturated rings. The average Bonchev–Trinajstić information content (AvgIpc) is 3.63. The van der Waals surface area contributed by atoms with Crippen molar-refractivity contribution in [3.05, 3.63) is 47.7 Å². The lowest BCUT2D eigenvalue weighted by atomic mass is 9.96. The third-order valence-electron chi connectivity index (χ3n) is 6.29. The van der Waals surface area contributed by atoms with E-state index in [4.69, 9.17) is 14.6 Å². The lowest BCUT2D eigenvalue weighted by molar-refractivity contribution is -0.156. The molecule has 6 heteroatoms. The van der Waals surface area contributed by atoms with Gasteiger partial charge in [-0.3, -0.25) is 9.69 Å². The highest BCUT2D eigenvalue weighted by molar-refractivity contribution is 5.91. The molecule has 6 nitrogen and oxygen atoms in total. The molecule has 3 aliphatic rings. The van der Waals surface area contributed by atoms with Crippen LogP contribution < -0.4 is 0 Å². The molecule has 164 valence electrons. The quantitative estimate of drug-likeness (QED) is 0.630. The van der Waals surface area contributed by atoms with Crippen LogP contribution in [0, 0.1) is 11.8 Å². The van der Waals surface area contributed by atoms with Gasteiger partial charge in [-0.25, -0.2) is 0 Å². The lowest BCUT2D eigenvalue weighted by Crippen LogP contribution is -2.49. The SMILES string of the molecule is O=C(C1=C[C@@H](C2CC2)C[C@@H](OCCCCO)O1)N1CCN(Cc2ccccc2)CC1. The second kappa shape index (κ2) is 10.4. The average molecular weight is 415 g/mol. The first-order chi connectivity index (χ1) is 14.7. The predicted molar refractivity (Wildman–Crippen MR) is 114 cm³/mol. The Labute approximate surface area is 179 Å². The predicted octanol–water partition coefficient (Wildman–Crippen LogP) is 2.78. The molecule has 0 unspecified atom stereocenters. The van der Waals surface area contributed by atoms with Gasteiger partial charge in [-0.15, -0.1) is 0 Å². The molecule has 1 aliphatic carbocycles. The Hall–Kier alpha value is -1.89. The molecule has 2 aliphatic heterocycles. The van der Waals surface area contributed by atoms with Crippen molar-refractivity contribution < 1.29 is 19.4 Å². The number of carbonyl (C=O) groups is 1. The van der Waals surface area contributed by atoms with Gasteiger partial charge >= 0.3 is 0 Å². The molecule has 1 aromatic carbocycles. The molecule has 1 aromatic rings. The molecule has 4 rings (SSSR count). The van der Waals surface area contributed by atoms with Crippen molar-refractivity contribution >= 4 is 5.91 Å². The summed E-state index contributed by atoms with van der Waals surface area (Å²) >= 11 is 0. The summed E-state index contributed by atoms with van der Waals surface area (Å²) in [4.78, 5) is 17.5. The van der Waals surface area contributed by atoms with Crippen LogP contribution in [-0.2, 0) is 20.8 Å². The summed E-state index contributed by atoms with van der Waals surface area (Å²) in [5, 5.41) is 8.94. The van der Waals surface area contributed by atoms with E-state index < -0.39 is 0 Å². The first-order valence-electron chi connectivity index (χ1n) is 11.4. The Bertz CT molecular complexity index is 711. The largest absolute Gasteiger partial charge is 0.459 e. The highest BCUT2D eigenvalue weighted by atomic mass is 16.7. The number of ether oxygens (including phenoxy) is 2. The van der Waals surface area contributed by atoms with Crippen molar-refractivity contribution in [3.8, 4) is 0 Å². The third-order valence-corrected chi connectivity index (χ3v) is 6.29. The van der Waals surface area contributed by atoms with Gasteiger partial charge in [-0.2, -0.15) is 0 Å². The van der Waals surface area contributed by atoms with Crippen molar-refractivity contribution in [3.63, 3.8) is 0 Å². The van der Waals surface area contributed by atoms with Crippen LogP contribution in [0.1, 0.15) is 37.7 Å². The van der Waals surface area contributed by atoms with E-state index in [1.807, 2.05) is 11.0 Å². The minimum Gasteiger partial charge on any atom is -0.459 e. The van der Waals surface area contributed by atoms with E-state index in [2.05, 4.69) is 35.2 Å². The van der Waals surface area contributed by atoms with Crippen LogP contribution in [0.25, 0.3) is 0 Å². The van der Waals surface area contributed by atoms with Gasteiger partial charge in [0.05, 0.1) is 6.61 Å². The summed E-state index contributed by atoms with van der Waals surface area (Å²) in [6.07, 6.45) is 6.54. The Morgan fingerprint density at radius 2 is 1.87 bits per heavy atom. The Kier molecular flexibility index (Phi) is 7.42. The monoisotopic (exact) mass is 414 g/mol. The van der Waals surface area contributed by atoms with E-state index in [-0.39, 0.29) is 18.8 Å². The maximum Gasteiger partial charge on any atom is 0.288 e. The standard InChI is InChI=1S/C24H34N2O4/c27-14-4-5-15-29-23-17-21(20-8-9-20)16-22(30-23)24(28)26-12-10-25(11-13-26)18-19-6-2-1-3-7-19/h1-3,6-7,16,20-21,23,27H,4-5,8-15,17-18H2/t21-,23+/m1/s1. The van der Waals surface area contributed by atoms with Crippen LogP contribution in [0.2, 0.25) is 0 Å². The highest BCUT2D eigenvalue weighted by Gasteiger charge is 2.38. The Morgan fingerprint density at radius 1 is 1.10 bits per heavy atom. The van der Waals surface area contributed by atoms with Crippen molar-refractivity contribution in [2.45, 2.75) is 44.9 Å². The second-order valence-corrected chi connectivity index (χ2v) is 8.67. The highest BCUT2D eigenvalue weighted by Crippen LogP contribution is 2.43. The minimum atomic E-state index is -0.349. The molecule has 1 saturated heterocycles. The fourth-order valence-electron chi connectivity index (χ4n) is 4.33.